The Morgan fingerprint density at radius 3 is 2.56 bits per heavy atom. The molecule has 0 bridgehead atoms. The second-order valence-corrected chi connectivity index (χ2v) is 6.31. The van der Waals surface area contributed by atoms with Crippen LogP contribution < -0.4 is 5.32 Å². The Hall–Kier alpha value is -0.570. The first-order valence-corrected chi connectivity index (χ1v) is 7.66. The maximum atomic E-state index is 12.6. The van der Waals surface area contributed by atoms with Crippen LogP contribution in [0.25, 0.3) is 0 Å². The van der Waals surface area contributed by atoms with Crippen molar-refractivity contribution in [2.75, 3.05) is 0 Å². The Morgan fingerprint density at radius 1 is 1.39 bits per heavy atom. The van der Waals surface area contributed by atoms with Crippen molar-refractivity contribution in [3.63, 3.8) is 0 Å². The molecule has 0 radical (unpaired) electrons. The van der Waals surface area contributed by atoms with Crippen molar-refractivity contribution in [2.24, 2.45) is 11.8 Å². The molecular weight excluding hydrogens is 224 g/mol. The van der Waals surface area contributed by atoms with Crippen LogP contribution in [0.15, 0.2) is 0 Å². The van der Waals surface area contributed by atoms with E-state index in [2.05, 4.69) is 37.9 Å². The van der Waals surface area contributed by atoms with Crippen molar-refractivity contribution in [1.82, 2.24) is 10.2 Å². The van der Waals surface area contributed by atoms with Crippen molar-refractivity contribution in [2.45, 2.75) is 78.0 Å². The zero-order valence-electron chi connectivity index (χ0n) is 12.3. The Kier molecular flexibility index (Phi) is 4.31. The molecular formula is C15H28N2O. The van der Waals surface area contributed by atoms with Gasteiger partial charge in [-0.15, -0.1) is 0 Å². The summed E-state index contributed by atoms with van der Waals surface area (Å²) >= 11 is 0. The highest BCUT2D eigenvalue weighted by Crippen LogP contribution is 2.36. The van der Waals surface area contributed by atoms with E-state index in [0.29, 0.717) is 24.0 Å². The summed E-state index contributed by atoms with van der Waals surface area (Å²) in [5.74, 6) is 1.60. The van der Waals surface area contributed by atoms with E-state index in [-0.39, 0.29) is 6.04 Å². The third-order valence-electron chi connectivity index (χ3n) is 4.75. The van der Waals surface area contributed by atoms with Crippen molar-refractivity contribution >= 4 is 5.91 Å². The summed E-state index contributed by atoms with van der Waals surface area (Å²) in [7, 11) is 0. The highest BCUT2D eigenvalue weighted by molar-refractivity contribution is 5.85. The number of carbonyl (C=O) groups is 1. The number of nitrogens with one attached hydrogen (secondary N) is 1. The van der Waals surface area contributed by atoms with Crippen LogP contribution in [0.2, 0.25) is 0 Å². The fourth-order valence-electron chi connectivity index (χ4n) is 3.33. The molecule has 1 N–H and O–H groups in total. The van der Waals surface area contributed by atoms with Crippen LogP contribution in [0.1, 0.15) is 59.8 Å². The van der Waals surface area contributed by atoms with E-state index < -0.39 is 0 Å². The van der Waals surface area contributed by atoms with Gasteiger partial charge in [-0.2, -0.15) is 0 Å². The Bertz CT molecular complexity index is 299. The van der Waals surface area contributed by atoms with E-state index in [4.69, 9.17) is 0 Å². The lowest BCUT2D eigenvalue weighted by Crippen LogP contribution is -2.50. The van der Waals surface area contributed by atoms with Gasteiger partial charge in [0.15, 0.2) is 0 Å². The molecule has 104 valence electrons. The molecule has 18 heavy (non-hydrogen) atoms. The maximum absolute atomic E-state index is 12.6. The largest absolute Gasteiger partial charge is 0.323 e. The topological polar surface area (TPSA) is 32.3 Å². The second-order valence-electron chi connectivity index (χ2n) is 6.31. The molecule has 0 aromatic heterocycles. The van der Waals surface area contributed by atoms with E-state index >= 15 is 0 Å². The van der Waals surface area contributed by atoms with Gasteiger partial charge in [0.05, 0.1) is 12.2 Å². The van der Waals surface area contributed by atoms with Gasteiger partial charge < -0.3 is 4.90 Å². The molecule has 0 aromatic rings. The summed E-state index contributed by atoms with van der Waals surface area (Å²) in [4.78, 5) is 14.8. The third-order valence-corrected chi connectivity index (χ3v) is 4.75. The zero-order valence-corrected chi connectivity index (χ0v) is 12.3. The van der Waals surface area contributed by atoms with Gasteiger partial charge in [-0.1, -0.05) is 40.5 Å². The van der Waals surface area contributed by atoms with Gasteiger partial charge in [0.1, 0.15) is 0 Å². The van der Waals surface area contributed by atoms with Crippen LogP contribution in [0.4, 0.5) is 0 Å². The highest BCUT2D eigenvalue weighted by Gasteiger charge is 2.46. The van der Waals surface area contributed by atoms with Crippen LogP contribution in [0, 0.1) is 11.8 Å². The van der Waals surface area contributed by atoms with Gasteiger partial charge in [-0.3, -0.25) is 10.1 Å². The molecule has 3 atom stereocenters. The molecule has 2 rings (SSSR count). The predicted molar refractivity (Wildman–Crippen MR) is 74.1 cm³/mol. The molecule has 1 heterocycles. The van der Waals surface area contributed by atoms with Gasteiger partial charge in [-0.05, 0) is 31.1 Å². The molecule has 3 nitrogen and oxygen atoms in total. The summed E-state index contributed by atoms with van der Waals surface area (Å²) < 4.78 is 0. The molecule has 1 saturated carbocycles. The van der Waals surface area contributed by atoms with Gasteiger partial charge >= 0.3 is 0 Å². The number of nitrogens with zero attached hydrogens (tertiary/aromatic N) is 1. The fourth-order valence-corrected chi connectivity index (χ4v) is 3.33. The van der Waals surface area contributed by atoms with Crippen LogP contribution in [-0.4, -0.2) is 29.1 Å². The number of carbonyl (C=O) groups excluding carboxylic acids is 1. The molecule has 1 saturated heterocycles. The maximum Gasteiger partial charge on any atom is 0.241 e. The van der Waals surface area contributed by atoms with Crippen molar-refractivity contribution < 1.29 is 4.79 Å². The normalized spacial score (nSPS) is 37.8. The van der Waals surface area contributed by atoms with Crippen molar-refractivity contribution in [1.29, 1.82) is 0 Å². The molecule has 1 amide bonds. The van der Waals surface area contributed by atoms with Gasteiger partial charge in [0.25, 0.3) is 0 Å². The van der Waals surface area contributed by atoms with Crippen LogP contribution in [-0.2, 0) is 4.79 Å². The minimum atomic E-state index is 0.0578. The lowest BCUT2D eigenvalue weighted by atomic mass is 9.80. The number of amides is 1. The van der Waals surface area contributed by atoms with E-state index in [1.807, 2.05) is 0 Å². The molecule has 2 fully saturated rings. The molecule has 3 unspecified atom stereocenters. The lowest BCUT2D eigenvalue weighted by Gasteiger charge is -2.42. The average Bonchev–Trinajstić information content (AvgIpc) is 2.62. The first-order valence-electron chi connectivity index (χ1n) is 7.66. The SMILES string of the molecule is CCCC1NC(C(C)CC)C(=O)N1C1CC(C)C1. The zero-order chi connectivity index (χ0) is 13.3. The van der Waals surface area contributed by atoms with Gasteiger partial charge in [-0.25, -0.2) is 0 Å². The summed E-state index contributed by atoms with van der Waals surface area (Å²) in [5.41, 5.74) is 0. The summed E-state index contributed by atoms with van der Waals surface area (Å²) in [6.07, 6.45) is 5.97. The Labute approximate surface area is 111 Å². The van der Waals surface area contributed by atoms with Gasteiger partial charge in [0, 0.05) is 6.04 Å². The molecule has 3 heteroatoms. The van der Waals surface area contributed by atoms with Crippen molar-refractivity contribution in [3.8, 4) is 0 Å². The Balaban J connectivity index is 2.07. The number of hydrogen-bond donors (Lipinski definition) is 1. The number of hydrogen-bond acceptors (Lipinski definition) is 2. The van der Waals surface area contributed by atoms with Crippen LogP contribution >= 0.6 is 0 Å². The second kappa shape index (κ2) is 5.60. The monoisotopic (exact) mass is 252 g/mol. The van der Waals surface area contributed by atoms with E-state index in [0.717, 1.165) is 25.2 Å². The average molecular weight is 252 g/mol. The van der Waals surface area contributed by atoms with Crippen molar-refractivity contribution in [3.05, 3.63) is 0 Å². The first-order chi connectivity index (χ1) is 8.58. The molecule has 1 aliphatic heterocycles. The smallest absolute Gasteiger partial charge is 0.241 e. The summed E-state index contributed by atoms with van der Waals surface area (Å²) in [6, 6.07) is 0.563. The fraction of sp³-hybridized carbons (Fsp3) is 0.933. The third kappa shape index (κ3) is 2.42. The molecule has 2 aliphatic rings. The Morgan fingerprint density at radius 2 is 2.06 bits per heavy atom. The van der Waals surface area contributed by atoms with E-state index in [1.165, 1.54) is 12.8 Å². The minimum absolute atomic E-state index is 0.0578. The lowest BCUT2D eigenvalue weighted by molar-refractivity contribution is -0.135. The standard InChI is InChI=1S/C15H28N2O/c1-5-7-13-16-14(11(4)6-2)15(18)17(13)12-8-10(3)9-12/h10-14,16H,5-9H2,1-4H3. The number of rotatable bonds is 5. The summed E-state index contributed by atoms with van der Waals surface area (Å²) in [6.45, 7) is 8.84. The summed E-state index contributed by atoms with van der Waals surface area (Å²) in [5, 5.41) is 3.58. The van der Waals surface area contributed by atoms with E-state index in [9.17, 15) is 4.79 Å². The van der Waals surface area contributed by atoms with Crippen LogP contribution in [0.5, 0.6) is 0 Å². The van der Waals surface area contributed by atoms with E-state index in [1.54, 1.807) is 0 Å². The first kappa shape index (κ1) is 13.9. The molecule has 0 spiro atoms. The highest BCUT2D eigenvalue weighted by atomic mass is 16.2. The van der Waals surface area contributed by atoms with Crippen LogP contribution in [0.3, 0.4) is 0 Å². The molecule has 0 aromatic carbocycles. The quantitative estimate of drug-likeness (QED) is 0.816. The molecule has 1 aliphatic carbocycles. The minimum Gasteiger partial charge on any atom is -0.323 e. The van der Waals surface area contributed by atoms with Gasteiger partial charge in [0.2, 0.25) is 5.91 Å². The predicted octanol–water partition coefficient (Wildman–Crippen LogP) is 2.76.